The predicted octanol–water partition coefficient (Wildman–Crippen LogP) is 3.28. The van der Waals surface area contributed by atoms with E-state index in [9.17, 15) is 5.11 Å². The van der Waals surface area contributed by atoms with E-state index in [1.165, 1.54) is 0 Å². The molecule has 0 saturated carbocycles. The van der Waals surface area contributed by atoms with Crippen LogP contribution in [0.2, 0.25) is 5.02 Å². The summed E-state index contributed by atoms with van der Waals surface area (Å²) in [6, 6.07) is 16.1. The standard InChI is InChI=1S/C19H22ClNO3/c1-23-17-8-7-14(11-16(17)20)12-21-9-10-24-18(13-22)19(21)15-5-3-2-4-6-15/h2-8,11,18-19,22H,9-10,12-13H2,1H3/t18-,19-/m1/s1. The maximum absolute atomic E-state index is 9.73. The van der Waals surface area contributed by atoms with Crippen LogP contribution in [0.15, 0.2) is 48.5 Å². The third kappa shape index (κ3) is 3.73. The molecule has 0 amide bonds. The Morgan fingerprint density at radius 2 is 2.04 bits per heavy atom. The van der Waals surface area contributed by atoms with Crippen molar-refractivity contribution in [2.24, 2.45) is 0 Å². The highest BCUT2D eigenvalue weighted by atomic mass is 35.5. The number of nitrogens with zero attached hydrogens (tertiary/aromatic N) is 1. The van der Waals surface area contributed by atoms with Gasteiger partial charge in [-0.3, -0.25) is 4.90 Å². The van der Waals surface area contributed by atoms with Crippen LogP contribution in [0.1, 0.15) is 17.2 Å². The zero-order valence-corrected chi connectivity index (χ0v) is 14.4. The van der Waals surface area contributed by atoms with Crippen LogP contribution in [0, 0.1) is 0 Å². The average molecular weight is 348 g/mol. The normalized spacial score (nSPS) is 21.6. The van der Waals surface area contributed by atoms with Crippen LogP contribution >= 0.6 is 11.6 Å². The molecule has 1 saturated heterocycles. The minimum absolute atomic E-state index is 0.000566. The maximum Gasteiger partial charge on any atom is 0.137 e. The molecule has 2 aromatic carbocycles. The molecule has 1 aliphatic rings. The monoisotopic (exact) mass is 347 g/mol. The van der Waals surface area contributed by atoms with E-state index < -0.39 is 0 Å². The molecule has 1 fully saturated rings. The van der Waals surface area contributed by atoms with E-state index in [2.05, 4.69) is 17.0 Å². The summed E-state index contributed by atoms with van der Waals surface area (Å²) in [6.45, 7) is 2.15. The number of morpholine rings is 1. The molecule has 5 heteroatoms. The molecule has 128 valence electrons. The van der Waals surface area contributed by atoms with Crippen molar-refractivity contribution in [1.82, 2.24) is 4.90 Å². The molecule has 1 aliphatic heterocycles. The van der Waals surface area contributed by atoms with E-state index in [1.54, 1.807) is 7.11 Å². The molecule has 0 bridgehead atoms. The van der Waals surface area contributed by atoms with E-state index in [4.69, 9.17) is 21.1 Å². The van der Waals surface area contributed by atoms with Gasteiger partial charge in [-0.15, -0.1) is 0 Å². The number of hydrogen-bond donors (Lipinski definition) is 1. The van der Waals surface area contributed by atoms with E-state index >= 15 is 0 Å². The van der Waals surface area contributed by atoms with Crippen molar-refractivity contribution < 1.29 is 14.6 Å². The molecular weight excluding hydrogens is 326 g/mol. The molecule has 4 nitrogen and oxygen atoms in total. The first-order valence-corrected chi connectivity index (χ1v) is 8.44. The Kier molecular flexibility index (Phi) is 5.74. The van der Waals surface area contributed by atoms with Crippen molar-refractivity contribution in [1.29, 1.82) is 0 Å². The Morgan fingerprint density at radius 1 is 1.25 bits per heavy atom. The van der Waals surface area contributed by atoms with Crippen LogP contribution in [0.5, 0.6) is 5.75 Å². The number of ether oxygens (including phenoxy) is 2. The molecule has 3 rings (SSSR count). The van der Waals surface area contributed by atoms with Crippen LogP contribution in [0.25, 0.3) is 0 Å². The molecular formula is C19H22ClNO3. The van der Waals surface area contributed by atoms with Gasteiger partial charge in [0.1, 0.15) is 11.9 Å². The molecule has 1 N–H and O–H groups in total. The van der Waals surface area contributed by atoms with Gasteiger partial charge in [-0.25, -0.2) is 0 Å². The Hall–Kier alpha value is -1.59. The zero-order chi connectivity index (χ0) is 16.9. The highest BCUT2D eigenvalue weighted by Crippen LogP contribution is 2.32. The Bertz CT molecular complexity index is 665. The second-order valence-corrected chi connectivity index (χ2v) is 6.29. The molecule has 0 radical (unpaired) electrons. The topological polar surface area (TPSA) is 41.9 Å². The molecule has 2 atom stereocenters. The largest absolute Gasteiger partial charge is 0.495 e. The number of hydrogen-bond acceptors (Lipinski definition) is 4. The van der Waals surface area contributed by atoms with Crippen molar-refractivity contribution in [3.63, 3.8) is 0 Å². The van der Waals surface area contributed by atoms with Gasteiger partial charge in [-0.1, -0.05) is 48.0 Å². The third-order valence-corrected chi connectivity index (χ3v) is 4.67. The highest BCUT2D eigenvalue weighted by molar-refractivity contribution is 6.32. The first kappa shape index (κ1) is 17.2. The number of methoxy groups -OCH3 is 1. The highest BCUT2D eigenvalue weighted by Gasteiger charge is 2.33. The average Bonchev–Trinajstić information content (AvgIpc) is 2.62. The summed E-state index contributed by atoms with van der Waals surface area (Å²) >= 11 is 6.25. The summed E-state index contributed by atoms with van der Waals surface area (Å²) < 4.78 is 11.0. The van der Waals surface area contributed by atoms with Gasteiger partial charge >= 0.3 is 0 Å². The first-order valence-electron chi connectivity index (χ1n) is 8.07. The minimum atomic E-state index is -0.227. The lowest BCUT2D eigenvalue weighted by atomic mass is 9.97. The fourth-order valence-electron chi connectivity index (χ4n) is 3.24. The van der Waals surface area contributed by atoms with Gasteiger partial charge < -0.3 is 14.6 Å². The summed E-state index contributed by atoms with van der Waals surface area (Å²) in [6.07, 6.45) is -0.227. The third-order valence-electron chi connectivity index (χ3n) is 4.38. The summed E-state index contributed by atoms with van der Waals surface area (Å²) in [5, 5.41) is 10.3. The number of benzene rings is 2. The quantitative estimate of drug-likeness (QED) is 0.901. The lowest BCUT2D eigenvalue weighted by Crippen LogP contribution is -2.46. The molecule has 0 unspecified atom stereocenters. The number of aliphatic hydroxyl groups excluding tert-OH is 1. The summed E-state index contributed by atoms with van der Waals surface area (Å²) in [5.74, 6) is 0.676. The molecule has 1 heterocycles. The van der Waals surface area contributed by atoms with E-state index in [0.29, 0.717) is 17.4 Å². The van der Waals surface area contributed by atoms with Gasteiger partial charge in [0.05, 0.1) is 31.4 Å². The molecule has 24 heavy (non-hydrogen) atoms. The van der Waals surface area contributed by atoms with Crippen molar-refractivity contribution in [2.75, 3.05) is 26.9 Å². The lowest BCUT2D eigenvalue weighted by molar-refractivity contribution is -0.0960. The Morgan fingerprint density at radius 3 is 2.71 bits per heavy atom. The van der Waals surface area contributed by atoms with Crippen molar-refractivity contribution in [3.8, 4) is 5.75 Å². The number of halogens is 1. The molecule has 0 aromatic heterocycles. The summed E-state index contributed by atoms with van der Waals surface area (Å²) in [7, 11) is 1.61. The van der Waals surface area contributed by atoms with Crippen molar-refractivity contribution in [2.45, 2.75) is 18.7 Å². The van der Waals surface area contributed by atoms with E-state index in [0.717, 1.165) is 24.2 Å². The second-order valence-electron chi connectivity index (χ2n) is 5.89. The van der Waals surface area contributed by atoms with Crippen molar-refractivity contribution in [3.05, 3.63) is 64.7 Å². The van der Waals surface area contributed by atoms with Crippen molar-refractivity contribution >= 4 is 11.6 Å². The van der Waals surface area contributed by atoms with Gasteiger partial charge in [-0.05, 0) is 23.3 Å². The zero-order valence-electron chi connectivity index (χ0n) is 13.7. The van der Waals surface area contributed by atoms with Crippen LogP contribution in [-0.2, 0) is 11.3 Å². The summed E-state index contributed by atoms with van der Waals surface area (Å²) in [5.41, 5.74) is 2.26. The van der Waals surface area contributed by atoms with Gasteiger partial charge in [-0.2, -0.15) is 0 Å². The molecule has 2 aromatic rings. The van der Waals surface area contributed by atoms with Gasteiger partial charge in [0.15, 0.2) is 0 Å². The van der Waals surface area contributed by atoms with Gasteiger partial charge in [0, 0.05) is 13.1 Å². The number of rotatable bonds is 5. The summed E-state index contributed by atoms with van der Waals surface area (Å²) in [4.78, 5) is 2.33. The minimum Gasteiger partial charge on any atom is -0.495 e. The first-order chi connectivity index (χ1) is 11.7. The van der Waals surface area contributed by atoms with Crippen LogP contribution < -0.4 is 4.74 Å². The molecule has 0 spiro atoms. The number of aliphatic hydroxyl groups is 1. The van der Waals surface area contributed by atoms with E-state index in [-0.39, 0.29) is 18.8 Å². The smallest absolute Gasteiger partial charge is 0.137 e. The van der Waals surface area contributed by atoms with Gasteiger partial charge in [0.2, 0.25) is 0 Å². The van der Waals surface area contributed by atoms with E-state index in [1.807, 2.05) is 36.4 Å². The van der Waals surface area contributed by atoms with Crippen LogP contribution in [-0.4, -0.2) is 43.0 Å². The van der Waals surface area contributed by atoms with Crippen LogP contribution in [0.3, 0.4) is 0 Å². The Balaban J connectivity index is 1.85. The Labute approximate surface area is 147 Å². The fourth-order valence-corrected chi connectivity index (χ4v) is 3.52. The fraction of sp³-hybridized carbons (Fsp3) is 0.368. The second kappa shape index (κ2) is 7.99. The SMILES string of the molecule is COc1ccc(CN2CCO[C@H](CO)[C@H]2c2ccccc2)cc1Cl. The van der Waals surface area contributed by atoms with Gasteiger partial charge in [0.25, 0.3) is 0 Å². The van der Waals surface area contributed by atoms with Crippen LogP contribution in [0.4, 0.5) is 0 Å². The molecule has 0 aliphatic carbocycles. The maximum atomic E-state index is 9.73. The predicted molar refractivity (Wildman–Crippen MR) is 94.4 cm³/mol. The lowest BCUT2D eigenvalue weighted by Gasteiger charge is -2.41.